The third-order valence-corrected chi connectivity index (χ3v) is 10.9. The Bertz CT molecular complexity index is 1840. The van der Waals surface area contributed by atoms with E-state index in [1.165, 1.54) is 13.8 Å². The van der Waals surface area contributed by atoms with Crippen molar-refractivity contribution in [3.05, 3.63) is 35.9 Å². The Balaban J connectivity index is 2.74. The molecule has 68 heavy (non-hydrogen) atoms. The molecule has 0 bridgehead atoms. The van der Waals surface area contributed by atoms with Gasteiger partial charge >= 0.3 is 0 Å². The van der Waals surface area contributed by atoms with Crippen molar-refractivity contribution in [3.63, 3.8) is 0 Å². The number of rotatable bonds is 18. The number of hydrogen-bond donors (Lipinski definition) is 16. The van der Waals surface area contributed by atoms with E-state index in [0.717, 1.165) is 0 Å². The molecular weight excluding hydrogens is 889 g/mol. The lowest BCUT2D eigenvalue weighted by Gasteiger charge is -2.28. The normalized spacial score (nSPS) is 24.9. The zero-order valence-corrected chi connectivity index (χ0v) is 39.3. The Morgan fingerprint density at radius 3 is 1.59 bits per heavy atom. The van der Waals surface area contributed by atoms with Crippen LogP contribution in [0.3, 0.4) is 0 Å². The summed E-state index contributed by atoms with van der Waals surface area (Å²) in [6.45, 7) is 5.20. The topological polar surface area (TPSA) is 432 Å². The standard InChI is InChI=1S/C43H74N14O11/c1-22(2)20-31-40(65)52-26(10-15-44)35(60)51-29(13-18-47)39(64)57-34(24(4)59)43(68)49-19-14-30(53-36(61)28(12-17-46)54-42(67)33(48)23(3)58)38(63)50-27(11-16-45)37(62)56-32(41(66)55-31)21-25-8-6-5-7-9-25/h5-9,22-24,26-34,58-59H,10-21,44-48H2,1-4H3,(H,49,68)(H,50,63)(H,51,60)(H,52,65)(H,53,61)(H,54,67)(H,55,66)(H,56,62)(H,57,64)/t23-,24-,26+,27+,28+,29-,30+,31+,32-,33+,34+/m1/s1. The highest BCUT2D eigenvalue weighted by atomic mass is 16.3. The van der Waals surface area contributed by atoms with Gasteiger partial charge in [0.1, 0.15) is 54.4 Å². The average molecular weight is 963 g/mol. The number of nitrogens with two attached hydrogens (primary N) is 5. The number of nitrogens with one attached hydrogen (secondary N) is 9. The molecule has 0 unspecified atom stereocenters. The molecule has 1 fully saturated rings. The monoisotopic (exact) mass is 963 g/mol. The number of carbonyl (C=O) groups is 9. The van der Waals surface area contributed by atoms with Crippen LogP contribution in [-0.4, -0.2) is 163 Å². The fourth-order valence-electron chi connectivity index (χ4n) is 7.00. The Hall–Kier alpha value is -5.83. The van der Waals surface area contributed by atoms with Gasteiger partial charge in [-0.25, -0.2) is 0 Å². The Kier molecular flexibility index (Phi) is 25.6. The molecule has 1 heterocycles. The molecule has 25 nitrogen and oxygen atoms in total. The lowest BCUT2D eigenvalue weighted by atomic mass is 10.00. The highest BCUT2D eigenvalue weighted by Crippen LogP contribution is 2.11. The second-order valence-corrected chi connectivity index (χ2v) is 17.1. The summed E-state index contributed by atoms with van der Waals surface area (Å²) in [5.41, 5.74) is 29.6. The van der Waals surface area contributed by atoms with Gasteiger partial charge in [-0.05, 0) is 90.0 Å². The lowest BCUT2D eigenvalue weighted by Crippen LogP contribution is -2.61. The molecule has 9 amide bonds. The van der Waals surface area contributed by atoms with Crippen LogP contribution < -0.4 is 76.5 Å². The Morgan fingerprint density at radius 1 is 0.632 bits per heavy atom. The Labute approximate surface area is 396 Å². The van der Waals surface area contributed by atoms with Gasteiger partial charge in [0.05, 0.1) is 12.2 Å². The number of benzene rings is 1. The van der Waals surface area contributed by atoms with Crippen molar-refractivity contribution in [1.29, 1.82) is 0 Å². The van der Waals surface area contributed by atoms with E-state index in [2.05, 4.69) is 47.9 Å². The molecule has 0 aromatic heterocycles. The van der Waals surface area contributed by atoms with Crippen LogP contribution in [0.2, 0.25) is 0 Å². The maximum atomic E-state index is 14.2. The molecule has 1 aromatic carbocycles. The molecule has 2 rings (SSSR count). The molecule has 0 radical (unpaired) electrons. The third-order valence-electron chi connectivity index (χ3n) is 10.9. The average Bonchev–Trinajstić information content (AvgIpc) is 3.28. The van der Waals surface area contributed by atoms with Gasteiger partial charge in [0.25, 0.3) is 0 Å². The maximum absolute atomic E-state index is 14.2. The maximum Gasteiger partial charge on any atom is 0.245 e. The summed E-state index contributed by atoms with van der Waals surface area (Å²) in [6.07, 6.45) is -3.78. The summed E-state index contributed by atoms with van der Waals surface area (Å²) >= 11 is 0. The fourth-order valence-corrected chi connectivity index (χ4v) is 7.00. The van der Waals surface area contributed by atoms with Crippen LogP contribution >= 0.6 is 0 Å². The van der Waals surface area contributed by atoms with Gasteiger partial charge < -0.3 is 86.7 Å². The summed E-state index contributed by atoms with van der Waals surface area (Å²) in [7, 11) is 0. The quantitative estimate of drug-likeness (QED) is 0.0650. The first-order valence-electron chi connectivity index (χ1n) is 22.8. The van der Waals surface area contributed by atoms with Crippen molar-refractivity contribution in [2.75, 3.05) is 32.7 Å². The van der Waals surface area contributed by atoms with Gasteiger partial charge in [-0.15, -0.1) is 0 Å². The molecule has 1 aliphatic rings. The summed E-state index contributed by atoms with van der Waals surface area (Å²) in [6, 6.07) is -4.14. The van der Waals surface area contributed by atoms with Gasteiger partial charge in [-0.1, -0.05) is 44.2 Å². The lowest BCUT2D eigenvalue weighted by molar-refractivity contribution is -0.136. The molecule has 0 aliphatic carbocycles. The predicted molar refractivity (Wildman–Crippen MR) is 249 cm³/mol. The summed E-state index contributed by atoms with van der Waals surface area (Å²) < 4.78 is 0. The smallest absolute Gasteiger partial charge is 0.245 e. The van der Waals surface area contributed by atoms with E-state index < -0.39 is 126 Å². The van der Waals surface area contributed by atoms with Gasteiger partial charge in [-0.2, -0.15) is 0 Å². The van der Waals surface area contributed by atoms with Gasteiger partial charge in [0.15, 0.2) is 0 Å². The minimum atomic E-state index is -1.63. The summed E-state index contributed by atoms with van der Waals surface area (Å²) in [4.78, 5) is 124. The van der Waals surface area contributed by atoms with Gasteiger partial charge in [0, 0.05) is 13.0 Å². The fraction of sp³-hybridized carbons (Fsp3) is 0.651. The van der Waals surface area contributed by atoms with Crippen LogP contribution in [0, 0.1) is 5.92 Å². The van der Waals surface area contributed by atoms with E-state index in [1.54, 1.807) is 44.2 Å². The van der Waals surface area contributed by atoms with Gasteiger partial charge in [0.2, 0.25) is 53.2 Å². The molecular formula is C43H74N14O11. The van der Waals surface area contributed by atoms with Crippen molar-refractivity contribution in [3.8, 4) is 0 Å². The van der Waals surface area contributed by atoms with Crippen LogP contribution in [0.25, 0.3) is 0 Å². The summed E-state index contributed by atoms with van der Waals surface area (Å²) in [5.74, 6) is -8.14. The molecule has 1 aliphatic heterocycles. The molecule has 382 valence electrons. The molecule has 25 heteroatoms. The predicted octanol–water partition coefficient (Wildman–Crippen LogP) is -6.84. The number of amides is 9. The van der Waals surface area contributed by atoms with E-state index in [4.69, 9.17) is 28.7 Å². The molecule has 1 aromatic rings. The molecule has 21 N–H and O–H groups in total. The zero-order valence-electron chi connectivity index (χ0n) is 39.3. The van der Waals surface area contributed by atoms with Crippen molar-refractivity contribution in [1.82, 2.24) is 47.9 Å². The van der Waals surface area contributed by atoms with Crippen molar-refractivity contribution < 1.29 is 53.4 Å². The Morgan fingerprint density at radius 2 is 1.10 bits per heavy atom. The highest BCUT2D eigenvalue weighted by molar-refractivity contribution is 5.98. The van der Waals surface area contributed by atoms with Gasteiger partial charge in [-0.3, -0.25) is 43.2 Å². The largest absolute Gasteiger partial charge is 0.391 e. The van der Waals surface area contributed by atoms with Crippen LogP contribution in [0.5, 0.6) is 0 Å². The first-order valence-corrected chi connectivity index (χ1v) is 22.8. The highest BCUT2D eigenvalue weighted by Gasteiger charge is 2.36. The minimum absolute atomic E-state index is 0.0731. The number of hydrogen-bond acceptors (Lipinski definition) is 16. The van der Waals surface area contributed by atoms with E-state index in [9.17, 15) is 53.4 Å². The van der Waals surface area contributed by atoms with Crippen molar-refractivity contribution in [2.24, 2.45) is 34.6 Å². The second-order valence-electron chi connectivity index (χ2n) is 17.1. The first-order chi connectivity index (χ1) is 32.2. The minimum Gasteiger partial charge on any atom is -0.391 e. The zero-order chi connectivity index (χ0) is 51.1. The van der Waals surface area contributed by atoms with E-state index in [-0.39, 0.29) is 77.0 Å². The molecule has 0 saturated carbocycles. The van der Waals surface area contributed by atoms with Crippen LogP contribution in [0.1, 0.15) is 71.8 Å². The second kappa shape index (κ2) is 29.8. The van der Waals surface area contributed by atoms with E-state index in [1.807, 2.05) is 0 Å². The third kappa shape index (κ3) is 19.4. The first kappa shape index (κ1) is 58.3. The molecule has 0 spiro atoms. The van der Waals surface area contributed by atoms with Crippen LogP contribution in [-0.2, 0) is 49.6 Å². The van der Waals surface area contributed by atoms with Crippen molar-refractivity contribution >= 4 is 53.2 Å². The van der Waals surface area contributed by atoms with Crippen LogP contribution in [0.15, 0.2) is 30.3 Å². The SMILES string of the molecule is CC(C)C[C@@H]1NC(=O)[C@@H](Cc2ccccc2)NC(=O)[C@H](CCN)NC(=O)[C@@H](NC(=O)[C@H](CCN)NC(=O)[C@@H](N)[C@@H](C)O)CCNC(=O)[C@H]([C@@H](C)O)NC(=O)[C@@H](CCN)NC(=O)[C@H](CCN)NC1=O. The molecule has 11 atom stereocenters. The van der Waals surface area contributed by atoms with Crippen LogP contribution in [0.4, 0.5) is 0 Å². The van der Waals surface area contributed by atoms with E-state index in [0.29, 0.717) is 5.56 Å². The van der Waals surface area contributed by atoms with E-state index >= 15 is 0 Å². The van der Waals surface area contributed by atoms with Crippen molar-refractivity contribution in [2.45, 2.75) is 139 Å². The number of aliphatic hydroxyl groups excluding tert-OH is 2. The number of aliphatic hydroxyl groups is 2. The summed E-state index contributed by atoms with van der Waals surface area (Å²) in [5, 5.41) is 43.4. The molecule has 1 saturated heterocycles. The number of carbonyl (C=O) groups excluding carboxylic acids is 9.